The summed E-state index contributed by atoms with van der Waals surface area (Å²) in [6.45, 7) is 1.76. The predicted octanol–water partition coefficient (Wildman–Crippen LogP) is 2.62. The molecular formula is C16H23N3O. The van der Waals surface area contributed by atoms with E-state index >= 15 is 0 Å². The molecule has 3 rings (SSSR count). The number of nitrogens with zero attached hydrogens (tertiary/aromatic N) is 3. The monoisotopic (exact) mass is 273 g/mol. The molecule has 0 radical (unpaired) electrons. The van der Waals surface area contributed by atoms with Crippen LogP contribution in [0.3, 0.4) is 0 Å². The van der Waals surface area contributed by atoms with E-state index in [0.29, 0.717) is 11.9 Å². The molecule has 4 heteroatoms. The van der Waals surface area contributed by atoms with Crippen molar-refractivity contribution in [3.8, 4) is 0 Å². The van der Waals surface area contributed by atoms with Gasteiger partial charge in [-0.25, -0.2) is 0 Å². The van der Waals surface area contributed by atoms with Crippen LogP contribution in [0, 0.1) is 5.92 Å². The van der Waals surface area contributed by atoms with Gasteiger partial charge in [0, 0.05) is 24.9 Å². The smallest absolute Gasteiger partial charge is 0.226 e. The third kappa shape index (κ3) is 2.94. The predicted molar refractivity (Wildman–Crippen MR) is 78.1 cm³/mol. The third-order valence-corrected chi connectivity index (χ3v) is 4.49. The van der Waals surface area contributed by atoms with Gasteiger partial charge in [-0.05, 0) is 44.6 Å². The number of allylic oxidation sites excluding steroid dienone is 2. The fourth-order valence-electron chi connectivity index (χ4n) is 3.36. The number of piperidine rings is 1. The van der Waals surface area contributed by atoms with E-state index in [2.05, 4.69) is 22.2 Å². The number of hydrogen-bond donors (Lipinski definition) is 0. The largest absolute Gasteiger partial charge is 0.338 e. The van der Waals surface area contributed by atoms with Gasteiger partial charge < -0.3 is 4.90 Å². The molecule has 2 aliphatic rings. The van der Waals surface area contributed by atoms with Crippen molar-refractivity contribution in [2.24, 2.45) is 5.92 Å². The molecule has 0 N–H and O–H groups in total. The van der Waals surface area contributed by atoms with Gasteiger partial charge in [-0.3, -0.25) is 9.48 Å². The average Bonchev–Trinajstić information content (AvgIpc) is 3.01. The Morgan fingerprint density at radius 1 is 1.25 bits per heavy atom. The van der Waals surface area contributed by atoms with E-state index in [4.69, 9.17) is 0 Å². The number of likely N-dealkylation sites (tertiary alicyclic amines) is 1. The second kappa shape index (κ2) is 6.25. The quantitative estimate of drug-likeness (QED) is 0.794. The van der Waals surface area contributed by atoms with Crippen LogP contribution in [0.15, 0.2) is 30.6 Å². The maximum Gasteiger partial charge on any atom is 0.226 e. The van der Waals surface area contributed by atoms with Gasteiger partial charge in [0.1, 0.15) is 0 Å². The lowest BCUT2D eigenvalue weighted by atomic mass is 9.91. The Bertz CT molecular complexity index is 466. The molecule has 1 aromatic rings. The summed E-state index contributed by atoms with van der Waals surface area (Å²) in [5.74, 6) is 0.574. The zero-order chi connectivity index (χ0) is 13.8. The fraction of sp³-hybridized carbons (Fsp3) is 0.625. The molecule has 1 aliphatic carbocycles. The van der Waals surface area contributed by atoms with Crippen molar-refractivity contribution in [1.82, 2.24) is 14.7 Å². The molecular weight excluding hydrogens is 250 g/mol. The van der Waals surface area contributed by atoms with Crippen molar-refractivity contribution in [2.45, 2.75) is 51.1 Å². The molecule has 1 amide bonds. The highest BCUT2D eigenvalue weighted by Crippen LogP contribution is 2.26. The van der Waals surface area contributed by atoms with Crippen LogP contribution in [0.25, 0.3) is 0 Å². The van der Waals surface area contributed by atoms with Gasteiger partial charge >= 0.3 is 0 Å². The minimum atomic E-state index is 0.207. The molecule has 4 nitrogen and oxygen atoms in total. The van der Waals surface area contributed by atoms with Crippen LogP contribution in [-0.4, -0.2) is 33.2 Å². The van der Waals surface area contributed by atoms with Crippen molar-refractivity contribution < 1.29 is 4.79 Å². The molecule has 1 fully saturated rings. The van der Waals surface area contributed by atoms with Gasteiger partial charge in [-0.15, -0.1) is 0 Å². The summed E-state index contributed by atoms with van der Waals surface area (Å²) in [4.78, 5) is 14.9. The summed E-state index contributed by atoms with van der Waals surface area (Å²) in [5, 5.41) is 4.28. The van der Waals surface area contributed by atoms with Crippen molar-refractivity contribution in [2.75, 3.05) is 6.54 Å². The van der Waals surface area contributed by atoms with E-state index in [9.17, 15) is 4.79 Å². The zero-order valence-corrected chi connectivity index (χ0v) is 11.9. The molecule has 2 atom stereocenters. The van der Waals surface area contributed by atoms with Crippen LogP contribution in [-0.2, 0) is 11.3 Å². The summed E-state index contributed by atoms with van der Waals surface area (Å²) in [6.07, 6.45) is 14.6. The molecule has 20 heavy (non-hydrogen) atoms. The Morgan fingerprint density at radius 3 is 2.95 bits per heavy atom. The van der Waals surface area contributed by atoms with Crippen molar-refractivity contribution in [3.63, 3.8) is 0 Å². The molecule has 1 aromatic heterocycles. The molecule has 2 heterocycles. The van der Waals surface area contributed by atoms with Crippen LogP contribution in [0.5, 0.6) is 0 Å². The Balaban J connectivity index is 1.68. The summed E-state index contributed by atoms with van der Waals surface area (Å²) in [6, 6.07) is 2.27. The number of hydrogen-bond acceptors (Lipinski definition) is 2. The van der Waals surface area contributed by atoms with Crippen molar-refractivity contribution in [3.05, 3.63) is 30.6 Å². The molecule has 1 aliphatic heterocycles. The first-order valence-corrected chi connectivity index (χ1v) is 7.77. The molecule has 0 aromatic carbocycles. The van der Waals surface area contributed by atoms with E-state index in [1.54, 1.807) is 6.20 Å². The molecule has 0 unspecified atom stereocenters. The summed E-state index contributed by atoms with van der Waals surface area (Å²) in [7, 11) is 0. The lowest BCUT2D eigenvalue weighted by Crippen LogP contribution is -2.48. The summed E-state index contributed by atoms with van der Waals surface area (Å²) in [5.41, 5.74) is 0. The second-order valence-electron chi connectivity index (χ2n) is 5.89. The first kappa shape index (κ1) is 13.4. The standard InChI is InChI=1S/C16H23N3O/c20-16(14-7-2-1-3-8-14)19-12-5-4-9-15(19)13-18-11-6-10-17-18/h1-2,6,10-11,14-15H,3-5,7-9,12-13H2/t14-,15-/m1/s1. The van der Waals surface area contributed by atoms with Gasteiger partial charge in [0.2, 0.25) is 5.91 Å². The lowest BCUT2D eigenvalue weighted by molar-refractivity contribution is -0.140. The maximum absolute atomic E-state index is 12.8. The fourth-order valence-corrected chi connectivity index (χ4v) is 3.36. The van der Waals surface area contributed by atoms with Crippen molar-refractivity contribution >= 4 is 5.91 Å². The SMILES string of the molecule is O=C([C@@H]1CC=CCC1)N1CCCC[C@@H]1Cn1cccn1. The molecule has 1 saturated heterocycles. The van der Waals surface area contributed by atoms with Crippen LogP contribution in [0.2, 0.25) is 0 Å². The summed E-state index contributed by atoms with van der Waals surface area (Å²) >= 11 is 0. The van der Waals surface area contributed by atoms with E-state index in [0.717, 1.165) is 45.2 Å². The molecule has 0 saturated carbocycles. The minimum Gasteiger partial charge on any atom is -0.338 e. The van der Waals surface area contributed by atoms with E-state index in [1.807, 2.05) is 16.9 Å². The van der Waals surface area contributed by atoms with Gasteiger partial charge in [-0.1, -0.05) is 12.2 Å². The zero-order valence-electron chi connectivity index (χ0n) is 11.9. The molecule has 0 bridgehead atoms. The van der Waals surface area contributed by atoms with E-state index in [-0.39, 0.29) is 5.92 Å². The third-order valence-electron chi connectivity index (χ3n) is 4.49. The number of amides is 1. The Hall–Kier alpha value is -1.58. The second-order valence-corrected chi connectivity index (χ2v) is 5.89. The van der Waals surface area contributed by atoms with E-state index < -0.39 is 0 Å². The lowest BCUT2D eigenvalue weighted by Gasteiger charge is -2.38. The number of rotatable bonds is 3. The van der Waals surface area contributed by atoms with Crippen LogP contribution in [0.4, 0.5) is 0 Å². The average molecular weight is 273 g/mol. The number of carbonyl (C=O) groups is 1. The number of carbonyl (C=O) groups excluding carboxylic acids is 1. The maximum atomic E-state index is 12.8. The van der Waals surface area contributed by atoms with Crippen LogP contribution < -0.4 is 0 Å². The Labute approximate surface area is 120 Å². The Kier molecular flexibility index (Phi) is 4.19. The van der Waals surface area contributed by atoms with E-state index in [1.165, 1.54) is 6.42 Å². The first-order chi connectivity index (χ1) is 9.84. The Morgan fingerprint density at radius 2 is 2.20 bits per heavy atom. The highest BCUT2D eigenvalue weighted by atomic mass is 16.2. The first-order valence-electron chi connectivity index (χ1n) is 7.77. The van der Waals surface area contributed by atoms with Crippen LogP contribution in [0.1, 0.15) is 38.5 Å². The minimum absolute atomic E-state index is 0.207. The van der Waals surface area contributed by atoms with Gasteiger partial charge in [-0.2, -0.15) is 5.10 Å². The molecule has 108 valence electrons. The topological polar surface area (TPSA) is 38.1 Å². The number of aromatic nitrogens is 2. The van der Waals surface area contributed by atoms with Gasteiger partial charge in [0.25, 0.3) is 0 Å². The van der Waals surface area contributed by atoms with Crippen LogP contribution >= 0.6 is 0 Å². The van der Waals surface area contributed by atoms with Gasteiger partial charge in [0.05, 0.1) is 12.6 Å². The highest BCUT2D eigenvalue weighted by molar-refractivity contribution is 5.79. The van der Waals surface area contributed by atoms with Crippen molar-refractivity contribution in [1.29, 1.82) is 0 Å². The highest BCUT2D eigenvalue weighted by Gasteiger charge is 2.31. The normalized spacial score (nSPS) is 26.7. The molecule has 0 spiro atoms. The van der Waals surface area contributed by atoms with Gasteiger partial charge in [0.15, 0.2) is 0 Å². The summed E-state index contributed by atoms with van der Waals surface area (Å²) < 4.78 is 1.96.